The predicted octanol–water partition coefficient (Wildman–Crippen LogP) is 3.51. The van der Waals surface area contributed by atoms with E-state index in [4.69, 9.17) is 19.2 Å². The highest BCUT2D eigenvalue weighted by atomic mass is 32.2. The Morgan fingerprint density at radius 3 is 2.62 bits per heavy atom. The van der Waals surface area contributed by atoms with Crippen molar-refractivity contribution in [2.45, 2.75) is 44.7 Å². The molecule has 0 radical (unpaired) electrons. The molecule has 2 heterocycles. The standard InChI is InChI=1S/C23H27N3O5S/c1-5-17-20(22(28)31-4)21(16-11-15(29-2)8-9-18(16)30-3)26-14(12-32-23(26)25-17)10-19(27)24-13-6-7-13/h8-9,11-13,21H,5-7,10H2,1-4H3,(H,24,27)/t21-/m1/s1. The summed E-state index contributed by atoms with van der Waals surface area (Å²) < 4.78 is 16.3. The molecule has 1 aromatic rings. The lowest BCUT2D eigenvalue weighted by molar-refractivity contribution is -0.136. The second-order valence-electron chi connectivity index (χ2n) is 7.73. The Hall–Kier alpha value is -2.94. The van der Waals surface area contributed by atoms with Crippen LogP contribution < -0.4 is 14.8 Å². The second-order valence-corrected chi connectivity index (χ2v) is 8.56. The third-order valence-electron chi connectivity index (χ3n) is 5.64. The van der Waals surface area contributed by atoms with E-state index in [-0.39, 0.29) is 18.4 Å². The van der Waals surface area contributed by atoms with Crippen LogP contribution in [0.5, 0.6) is 11.5 Å². The molecule has 0 bridgehead atoms. The Labute approximate surface area is 191 Å². The number of hydrogen-bond acceptors (Lipinski definition) is 8. The summed E-state index contributed by atoms with van der Waals surface area (Å²) in [5, 5.41) is 5.68. The maximum atomic E-state index is 13.0. The molecule has 0 unspecified atom stereocenters. The van der Waals surface area contributed by atoms with Gasteiger partial charge in [0.15, 0.2) is 5.17 Å². The van der Waals surface area contributed by atoms with Gasteiger partial charge in [-0.15, -0.1) is 0 Å². The summed E-state index contributed by atoms with van der Waals surface area (Å²) >= 11 is 1.45. The number of thioether (sulfide) groups is 1. The number of hydrogen-bond donors (Lipinski definition) is 1. The molecular formula is C23H27N3O5S. The number of amidine groups is 1. The SMILES string of the molecule is CCC1=C(C(=O)OC)[C@@H](c2cc(OC)ccc2OC)N2C(CC(=O)NC3CC3)=CSC2=N1. The summed E-state index contributed by atoms with van der Waals surface area (Å²) in [6.45, 7) is 1.95. The number of methoxy groups -OCH3 is 3. The number of nitrogens with zero attached hydrogens (tertiary/aromatic N) is 2. The van der Waals surface area contributed by atoms with Crippen molar-refractivity contribution in [2.24, 2.45) is 4.99 Å². The third-order valence-corrected chi connectivity index (χ3v) is 6.53. The van der Waals surface area contributed by atoms with Crippen molar-refractivity contribution in [3.63, 3.8) is 0 Å². The first-order chi connectivity index (χ1) is 15.5. The summed E-state index contributed by atoms with van der Waals surface area (Å²) in [7, 11) is 4.54. The molecule has 0 spiro atoms. The number of aliphatic imine (C=N–C) groups is 1. The van der Waals surface area contributed by atoms with E-state index in [1.54, 1.807) is 20.3 Å². The van der Waals surface area contributed by atoms with Crippen LogP contribution in [0.1, 0.15) is 44.2 Å². The summed E-state index contributed by atoms with van der Waals surface area (Å²) in [4.78, 5) is 32.3. The van der Waals surface area contributed by atoms with Crippen molar-refractivity contribution in [3.05, 3.63) is 46.1 Å². The van der Waals surface area contributed by atoms with Gasteiger partial charge in [0.2, 0.25) is 5.91 Å². The Balaban J connectivity index is 1.82. The molecule has 1 amide bonds. The Morgan fingerprint density at radius 2 is 2.00 bits per heavy atom. The van der Waals surface area contributed by atoms with Crippen LogP contribution in [0, 0.1) is 0 Å². The smallest absolute Gasteiger partial charge is 0.338 e. The van der Waals surface area contributed by atoms with Crippen molar-refractivity contribution in [2.75, 3.05) is 21.3 Å². The van der Waals surface area contributed by atoms with Crippen LogP contribution in [-0.2, 0) is 14.3 Å². The van der Waals surface area contributed by atoms with Gasteiger partial charge in [0.1, 0.15) is 11.5 Å². The van der Waals surface area contributed by atoms with E-state index in [9.17, 15) is 9.59 Å². The van der Waals surface area contributed by atoms with Gasteiger partial charge >= 0.3 is 5.97 Å². The summed E-state index contributed by atoms with van der Waals surface area (Å²) in [6, 6.07) is 5.18. The molecule has 170 valence electrons. The number of allylic oxidation sites excluding steroid dienone is 1. The molecule has 2 aliphatic heterocycles. The normalized spacial score (nSPS) is 19.8. The number of esters is 1. The van der Waals surface area contributed by atoms with E-state index < -0.39 is 12.0 Å². The molecule has 8 nitrogen and oxygen atoms in total. The number of ether oxygens (including phenoxy) is 3. The Kier molecular flexibility index (Phi) is 6.45. The van der Waals surface area contributed by atoms with E-state index in [0.717, 1.165) is 29.3 Å². The fourth-order valence-electron chi connectivity index (χ4n) is 3.93. The van der Waals surface area contributed by atoms with Gasteiger partial charge in [-0.25, -0.2) is 9.79 Å². The fourth-order valence-corrected chi connectivity index (χ4v) is 4.87. The monoisotopic (exact) mass is 457 g/mol. The van der Waals surface area contributed by atoms with Crippen LogP contribution in [-0.4, -0.2) is 49.3 Å². The van der Waals surface area contributed by atoms with Gasteiger partial charge in [-0.3, -0.25) is 4.79 Å². The minimum Gasteiger partial charge on any atom is -0.497 e. The lowest BCUT2D eigenvalue weighted by atomic mass is 9.92. The van der Waals surface area contributed by atoms with E-state index in [1.165, 1.54) is 18.9 Å². The minimum absolute atomic E-state index is 0.0400. The molecule has 9 heteroatoms. The molecular weight excluding hydrogens is 430 g/mol. The average Bonchev–Trinajstić information content (AvgIpc) is 3.54. The van der Waals surface area contributed by atoms with Gasteiger partial charge in [0.25, 0.3) is 0 Å². The van der Waals surface area contributed by atoms with Crippen LogP contribution >= 0.6 is 11.8 Å². The maximum Gasteiger partial charge on any atom is 0.338 e. The van der Waals surface area contributed by atoms with Crippen LogP contribution in [0.15, 0.2) is 45.6 Å². The van der Waals surface area contributed by atoms with E-state index in [0.29, 0.717) is 29.2 Å². The molecule has 1 atom stereocenters. The van der Waals surface area contributed by atoms with Gasteiger partial charge in [0.05, 0.1) is 45.1 Å². The first kappa shape index (κ1) is 22.3. The van der Waals surface area contributed by atoms with Gasteiger partial charge in [-0.1, -0.05) is 18.7 Å². The summed E-state index contributed by atoms with van der Waals surface area (Å²) in [5.41, 5.74) is 2.60. The van der Waals surface area contributed by atoms with Gasteiger partial charge < -0.3 is 24.4 Å². The van der Waals surface area contributed by atoms with Gasteiger partial charge in [-0.2, -0.15) is 0 Å². The highest BCUT2D eigenvalue weighted by Crippen LogP contribution is 2.48. The molecule has 0 saturated heterocycles. The first-order valence-corrected chi connectivity index (χ1v) is 11.4. The average molecular weight is 458 g/mol. The van der Waals surface area contributed by atoms with Crippen LogP contribution in [0.4, 0.5) is 0 Å². The number of amides is 1. The molecule has 1 saturated carbocycles. The Morgan fingerprint density at radius 1 is 1.22 bits per heavy atom. The zero-order valence-corrected chi connectivity index (χ0v) is 19.5. The topological polar surface area (TPSA) is 89.5 Å². The zero-order valence-electron chi connectivity index (χ0n) is 18.6. The molecule has 1 N–H and O–H groups in total. The van der Waals surface area contributed by atoms with Gasteiger partial charge in [-0.05, 0) is 42.9 Å². The van der Waals surface area contributed by atoms with Crippen LogP contribution in [0.3, 0.4) is 0 Å². The molecule has 3 aliphatic rings. The van der Waals surface area contributed by atoms with E-state index in [2.05, 4.69) is 5.32 Å². The molecule has 1 fully saturated rings. The summed E-state index contributed by atoms with van der Waals surface area (Å²) in [5.74, 6) is 0.739. The fraction of sp³-hybridized carbons (Fsp3) is 0.435. The highest BCUT2D eigenvalue weighted by molar-refractivity contribution is 8.16. The van der Waals surface area contributed by atoms with Crippen molar-refractivity contribution in [3.8, 4) is 11.5 Å². The summed E-state index contributed by atoms with van der Waals surface area (Å²) in [6.07, 6.45) is 2.80. The minimum atomic E-state index is -0.565. The number of rotatable bonds is 8. The quantitative estimate of drug-likeness (QED) is 0.598. The Bertz CT molecular complexity index is 1030. The lowest BCUT2D eigenvalue weighted by Gasteiger charge is -2.37. The molecule has 0 aromatic heterocycles. The van der Waals surface area contributed by atoms with E-state index >= 15 is 0 Å². The van der Waals surface area contributed by atoms with Crippen molar-refractivity contribution in [1.29, 1.82) is 0 Å². The van der Waals surface area contributed by atoms with Gasteiger partial charge in [0, 0.05) is 17.3 Å². The number of fused-ring (bicyclic) bond motifs is 1. The zero-order chi connectivity index (χ0) is 22.8. The highest BCUT2D eigenvalue weighted by Gasteiger charge is 2.43. The van der Waals surface area contributed by atoms with Crippen molar-refractivity contribution < 1.29 is 23.8 Å². The first-order valence-electron chi connectivity index (χ1n) is 10.6. The number of carbonyl (C=O) groups excluding carboxylic acids is 2. The molecule has 32 heavy (non-hydrogen) atoms. The number of nitrogens with one attached hydrogen (secondary N) is 1. The molecule has 4 rings (SSSR count). The number of benzene rings is 1. The number of carbonyl (C=O) groups is 2. The predicted molar refractivity (Wildman–Crippen MR) is 122 cm³/mol. The maximum absolute atomic E-state index is 13.0. The molecule has 1 aromatic carbocycles. The second kappa shape index (κ2) is 9.28. The van der Waals surface area contributed by atoms with E-state index in [1.807, 2.05) is 29.4 Å². The van der Waals surface area contributed by atoms with Crippen molar-refractivity contribution >= 4 is 28.8 Å². The third kappa shape index (κ3) is 4.21. The molecule has 1 aliphatic carbocycles. The van der Waals surface area contributed by atoms with Crippen molar-refractivity contribution in [1.82, 2.24) is 10.2 Å². The largest absolute Gasteiger partial charge is 0.497 e. The van der Waals surface area contributed by atoms with Crippen LogP contribution in [0.25, 0.3) is 0 Å². The lowest BCUT2D eigenvalue weighted by Crippen LogP contribution is -2.38. The van der Waals surface area contributed by atoms with Crippen LogP contribution in [0.2, 0.25) is 0 Å².